The number of ether oxygens (including phenoxy) is 1. The van der Waals surface area contributed by atoms with Crippen molar-refractivity contribution in [2.75, 3.05) is 6.61 Å². The first kappa shape index (κ1) is 13.7. The number of benzene rings is 1. The molecule has 0 heterocycles. The van der Waals surface area contributed by atoms with Crippen molar-refractivity contribution in [2.45, 2.75) is 26.8 Å². The lowest BCUT2D eigenvalue weighted by Gasteiger charge is -1.93. The number of carbonyl (C=O) groups excluding carboxylic acids is 1. The summed E-state index contributed by atoms with van der Waals surface area (Å²) in [6, 6.07) is 9.99. The lowest BCUT2D eigenvalue weighted by atomic mass is 10.2. The molecule has 1 aromatic rings. The molecular weight excluding hydrogens is 190 g/mol. The Morgan fingerprint density at radius 3 is 2.13 bits per heavy atom. The zero-order chi connectivity index (χ0) is 11.5. The van der Waals surface area contributed by atoms with Gasteiger partial charge in [-0.1, -0.05) is 37.3 Å². The van der Waals surface area contributed by atoms with Crippen molar-refractivity contribution in [3.05, 3.63) is 35.9 Å². The van der Waals surface area contributed by atoms with Crippen molar-refractivity contribution in [3.63, 3.8) is 0 Å². The maximum atomic E-state index is 10.2. The minimum Gasteiger partial charge on any atom is -0.466 e. The Bertz CT molecular complexity index is 260. The first-order valence-corrected chi connectivity index (χ1v) is 5.14. The van der Waals surface area contributed by atoms with Gasteiger partial charge in [-0.15, -0.1) is 0 Å². The van der Waals surface area contributed by atoms with Crippen molar-refractivity contribution in [2.24, 2.45) is 5.73 Å². The standard InChI is InChI=1S/C7H9N.C5H10O2/c8-6-7-4-2-1-3-5-7;1-3-5(6)7-4-2/h1-5H,6,8H2;3-4H2,1-2H3. The Morgan fingerprint density at radius 1 is 1.27 bits per heavy atom. The largest absolute Gasteiger partial charge is 0.466 e. The molecule has 0 unspecified atom stereocenters. The molecule has 0 aromatic heterocycles. The third kappa shape index (κ3) is 7.70. The van der Waals surface area contributed by atoms with E-state index in [1.54, 1.807) is 13.8 Å². The van der Waals surface area contributed by atoms with Crippen LogP contribution >= 0.6 is 0 Å². The van der Waals surface area contributed by atoms with Gasteiger partial charge in [-0.25, -0.2) is 0 Å². The number of rotatable bonds is 3. The SMILES string of the molecule is CCOC(=O)CC.NCc1ccccc1. The summed E-state index contributed by atoms with van der Waals surface area (Å²) in [7, 11) is 0. The van der Waals surface area contributed by atoms with Gasteiger partial charge in [0.05, 0.1) is 6.61 Å². The van der Waals surface area contributed by atoms with E-state index in [9.17, 15) is 4.79 Å². The van der Waals surface area contributed by atoms with Crippen LogP contribution in [0.5, 0.6) is 0 Å². The Balaban J connectivity index is 0.000000265. The molecule has 15 heavy (non-hydrogen) atoms. The van der Waals surface area contributed by atoms with E-state index in [1.807, 2.05) is 30.3 Å². The highest BCUT2D eigenvalue weighted by Gasteiger charge is 1.91. The molecule has 0 fully saturated rings. The zero-order valence-electron chi connectivity index (χ0n) is 9.40. The predicted octanol–water partition coefficient (Wildman–Crippen LogP) is 2.10. The van der Waals surface area contributed by atoms with E-state index in [0.29, 0.717) is 19.6 Å². The Labute approximate surface area is 91.2 Å². The van der Waals surface area contributed by atoms with Crippen LogP contribution in [0.25, 0.3) is 0 Å². The number of hydrogen-bond donors (Lipinski definition) is 1. The van der Waals surface area contributed by atoms with Gasteiger partial charge >= 0.3 is 5.97 Å². The van der Waals surface area contributed by atoms with Crippen LogP contribution in [0, 0.1) is 0 Å². The fraction of sp³-hybridized carbons (Fsp3) is 0.417. The summed E-state index contributed by atoms with van der Waals surface area (Å²) in [6.07, 6.45) is 0.480. The number of carbonyl (C=O) groups is 1. The topological polar surface area (TPSA) is 52.3 Å². The van der Waals surface area contributed by atoms with E-state index < -0.39 is 0 Å². The fourth-order valence-corrected chi connectivity index (χ4v) is 0.877. The van der Waals surface area contributed by atoms with Crippen molar-refractivity contribution >= 4 is 5.97 Å². The van der Waals surface area contributed by atoms with Crippen molar-refractivity contribution in [1.82, 2.24) is 0 Å². The summed E-state index contributed by atoms with van der Waals surface area (Å²) in [6.45, 7) is 4.71. The Hall–Kier alpha value is -1.35. The van der Waals surface area contributed by atoms with Crippen LogP contribution < -0.4 is 5.73 Å². The van der Waals surface area contributed by atoms with Gasteiger partial charge in [0.25, 0.3) is 0 Å². The Morgan fingerprint density at radius 2 is 1.87 bits per heavy atom. The molecule has 2 N–H and O–H groups in total. The molecule has 0 aliphatic rings. The maximum Gasteiger partial charge on any atom is 0.305 e. The number of esters is 1. The lowest BCUT2D eigenvalue weighted by Crippen LogP contribution is -2.00. The summed E-state index contributed by atoms with van der Waals surface area (Å²) >= 11 is 0. The summed E-state index contributed by atoms with van der Waals surface area (Å²) in [5.74, 6) is -0.123. The van der Waals surface area contributed by atoms with Crippen molar-refractivity contribution in [1.29, 1.82) is 0 Å². The van der Waals surface area contributed by atoms with Crippen LogP contribution in [0.3, 0.4) is 0 Å². The van der Waals surface area contributed by atoms with Gasteiger partial charge in [0.2, 0.25) is 0 Å². The van der Waals surface area contributed by atoms with Gasteiger partial charge in [0.1, 0.15) is 0 Å². The normalized spacial score (nSPS) is 8.73. The fourth-order valence-electron chi connectivity index (χ4n) is 0.877. The molecule has 0 radical (unpaired) electrons. The van der Waals surface area contributed by atoms with E-state index in [-0.39, 0.29) is 5.97 Å². The van der Waals surface area contributed by atoms with Gasteiger partial charge < -0.3 is 10.5 Å². The molecule has 0 spiro atoms. The van der Waals surface area contributed by atoms with Crippen LogP contribution in [0.1, 0.15) is 25.8 Å². The van der Waals surface area contributed by atoms with Gasteiger partial charge in [-0.05, 0) is 12.5 Å². The first-order chi connectivity index (χ1) is 7.24. The zero-order valence-corrected chi connectivity index (χ0v) is 9.40. The average molecular weight is 209 g/mol. The predicted molar refractivity (Wildman–Crippen MR) is 61.3 cm³/mol. The first-order valence-electron chi connectivity index (χ1n) is 5.14. The third-order valence-electron chi connectivity index (χ3n) is 1.67. The minimum absolute atomic E-state index is 0.123. The van der Waals surface area contributed by atoms with Crippen LogP contribution in [0.2, 0.25) is 0 Å². The third-order valence-corrected chi connectivity index (χ3v) is 1.67. The summed E-state index contributed by atoms with van der Waals surface area (Å²) in [5.41, 5.74) is 6.54. The van der Waals surface area contributed by atoms with Crippen LogP contribution in [-0.2, 0) is 16.1 Å². The van der Waals surface area contributed by atoms with E-state index in [1.165, 1.54) is 5.56 Å². The van der Waals surface area contributed by atoms with Crippen molar-refractivity contribution < 1.29 is 9.53 Å². The minimum atomic E-state index is -0.123. The van der Waals surface area contributed by atoms with Crippen LogP contribution in [0.4, 0.5) is 0 Å². The van der Waals surface area contributed by atoms with E-state index in [4.69, 9.17) is 5.73 Å². The molecule has 0 saturated heterocycles. The van der Waals surface area contributed by atoms with Gasteiger partial charge in [-0.2, -0.15) is 0 Å². The smallest absolute Gasteiger partial charge is 0.305 e. The molecule has 0 amide bonds. The van der Waals surface area contributed by atoms with E-state index in [0.717, 1.165) is 0 Å². The molecule has 1 rings (SSSR count). The molecule has 1 aromatic carbocycles. The highest BCUT2D eigenvalue weighted by atomic mass is 16.5. The summed E-state index contributed by atoms with van der Waals surface area (Å²) < 4.78 is 4.55. The number of hydrogen-bond acceptors (Lipinski definition) is 3. The monoisotopic (exact) mass is 209 g/mol. The molecule has 3 heteroatoms. The van der Waals surface area contributed by atoms with Crippen molar-refractivity contribution in [3.8, 4) is 0 Å². The summed E-state index contributed by atoms with van der Waals surface area (Å²) in [5, 5.41) is 0. The average Bonchev–Trinajstić information content (AvgIpc) is 2.31. The molecule has 0 aliphatic heterocycles. The molecular formula is C12H19NO2. The second-order valence-electron chi connectivity index (χ2n) is 2.85. The lowest BCUT2D eigenvalue weighted by molar-refractivity contribution is -0.142. The summed E-state index contributed by atoms with van der Waals surface area (Å²) in [4.78, 5) is 10.2. The molecule has 0 atom stereocenters. The molecule has 0 bridgehead atoms. The quantitative estimate of drug-likeness (QED) is 0.776. The second kappa shape index (κ2) is 9.21. The van der Waals surface area contributed by atoms with Gasteiger partial charge in [-0.3, -0.25) is 4.79 Å². The Kier molecular flexibility index (Phi) is 8.39. The highest BCUT2D eigenvalue weighted by molar-refractivity contribution is 5.68. The highest BCUT2D eigenvalue weighted by Crippen LogP contribution is 1.94. The molecule has 3 nitrogen and oxygen atoms in total. The van der Waals surface area contributed by atoms with E-state index >= 15 is 0 Å². The van der Waals surface area contributed by atoms with E-state index in [2.05, 4.69) is 4.74 Å². The molecule has 0 aliphatic carbocycles. The molecule has 0 saturated carbocycles. The second-order valence-corrected chi connectivity index (χ2v) is 2.85. The van der Waals surface area contributed by atoms with Gasteiger partial charge in [0, 0.05) is 13.0 Å². The number of nitrogens with two attached hydrogens (primary N) is 1. The van der Waals surface area contributed by atoms with Crippen LogP contribution in [-0.4, -0.2) is 12.6 Å². The van der Waals surface area contributed by atoms with Crippen LogP contribution in [0.15, 0.2) is 30.3 Å². The van der Waals surface area contributed by atoms with Gasteiger partial charge in [0.15, 0.2) is 0 Å². The maximum absolute atomic E-state index is 10.2. The molecule has 84 valence electrons.